The second kappa shape index (κ2) is 8.77. The first-order chi connectivity index (χ1) is 9.68. The normalized spacial score (nSPS) is 12.6. The predicted octanol–water partition coefficient (Wildman–Crippen LogP) is -0.438. The van der Waals surface area contributed by atoms with Gasteiger partial charge in [-0.15, -0.1) is 0 Å². The van der Waals surface area contributed by atoms with Crippen molar-refractivity contribution in [2.24, 2.45) is 0 Å². The Bertz CT molecular complexity index is 412. The summed E-state index contributed by atoms with van der Waals surface area (Å²) in [4.78, 5) is 45.4. The molecule has 3 amide bonds. The summed E-state index contributed by atoms with van der Waals surface area (Å²) in [6, 6.07) is -0.819. The van der Waals surface area contributed by atoms with Gasteiger partial charge in [0.1, 0.15) is 6.04 Å². The molecule has 0 aliphatic heterocycles. The van der Waals surface area contributed by atoms with Crippen LogP contribution in [0.3, 0.4) is 0 Å². The van der Waals surface area contributed by atoms with Crippen molar-refractivity contribution in [1.29, 1.82) is 0 Å². The van der Waals surface area contributed by atoms with Gasteiger partial charge >= 0.3 is 12.1 Å². The maximum absolute atomic E-state index is 11.6. The Balaban J connectivity index is 4.36. The van der Waals surface area contributed by atoms with Crippen LogP contribution in [0.5, 0.6) is 0 Å². The van der Waals surface area contributed by atoms with E-state index >= 15 is 0 Å². The number of esters is 1. The highest BCUT2D eigenvalue weighted by Crippen LogP contribution is 1.98. The van der Waals surface area contributed by atoms with E-state index in [-0.39, 0.29) is 12.5 Å². The van der Waals surface area contributed by atoms with Gasteiger partial charge in [0.05, 0.1) is 6.61 Å². The largest absolute Gasteiger partial charge is 0.463 e. The van der Waals surface area contributed by atoms with Crippen LogP contribution in [-0.2, 0) is 23.9 Å². The average molecular weight is 303 g/mol. The minimum absolute atomic E-state index is 0.168. The third-order valence-electron chi connectivity index (χ3n) is 2.26. The van der Waals surface area contributed by atoms with Crippen LogP contribution in [0.25, 0.3) is 0 Å². The zero-order valence-corrected chi connectivity index (χ0v) is 12.8. The first-order valence-electron chi connectivity index (χ1n) is 6.37. The summed E-state index contributed by atoms with van der Waals surface area (Å²) in [7, 11) is 1.25. The Morgan fingerprint density at radius 1 is 1.19 bits per heavy atom. The Kier molecular flexibility index (Phi) is 7.80. The van der Waals surface area contributed by atoms with E-state index < -0.39 is 30.1 Å². The second-order valence-electron chi connectivity index (χ2n) is 4.24. The number of nitrogens with zero attached hydrogens (tertiary/aromatic N) is 1. The first kappa shape index (κ1) is 18.7. The quantitative estimate of drug-likeness (QED) is 0.526. The lowest BCUT2D eigenvalue weighted by Gasteiger charge is -2.22. The number of hydrogen-bond acceptors (Lipinski definition) is 6. The van der Waals surface area contributed by atoms with Gasteiger partial charge in [-0.05, 0) is 20.8 Å². The fraction of sp³-hybridized carbons (Fsp3) is 0.667. The van der Waals surface area contributed by atoms with Gasteiger partial charge in [-0.2, -0.15) is 0 Å². The molecule has 120 valence electrons. The van der Waals surface area contributed by atoms with E-state index in [1.807, 2.05) is 0 Å². The molecule has 0 bridgehead atoms. The zero-order chi connectivity index (χ0) is 16.6. The van der Waals surface area contributed by atoms with Crippen LogP contribution >= 0.6 is 0 Å². The molecule has 0 radical (unpaired) electrons. The Morgan fingerprint density at radius 3 is 2.24 bits per heavy atom. The molecule has 2 atom stereocenters. The molecule has 0 spiro atoms. The monoisotopic (exact) mass is 303 g/mol. The number of amides is 3. The van der Waals surface area contributed by atoms with Gasteiger partial charge in [-0.25, -0.2) is 14.6 Å². The van der Waals surface area contributed by atoms with Crippen molar-refractivity contribution in [3.05, 3.63) is 0 Å². The van der Waals surface area contributed by atoms with E-state index in [1.54, 1.807) is 6.92 Å². The molecule has 0 aliphatic rings. The second-order valence-corrected chi connectivity index (χ2v) is 4.24. The average Bonchev–Trinajstić information content (AvgIpc) is 2.37. The van der Waals surface area contributed by atoms with Gasteiger partial charge < -0.3 is 14.8 Å². The number of hydrogen-bond donors (Lipinski definition) is 2. The number of ether oxygens (including phenoxy) is 2. The molecule has 0 aromatic carbocycles. The molecule has 0 rings (SSSR count). The van der Waals surface area contributed by atoms with E-state index in [1.165, 1.54) is 27.8 Å². The van der Waals surface area contributed by atoms with Gasteiger partial charge in [0, 0.05) is 14.0 Å². The van der Waals surface area contributed by atoms with Gasteiger partial charge in [0.15, 0.2) is 6.10 Å². The van der Waals surface area contributed by atoms with Crippen molar-refractivity contribution in [3.63, 3.8) is 0 Å². The highest BCUT2D eigenvalue weighted by atomic mass is 16.6. The highest BCUT2D eigenvalue weighted by Gasteiger charge is 2.23. The van der Waals surface area contributed by atoms with Crippen LogP contribution in [0.4, 0.5) is 4.79 Å². The number of carbonyl (C=O) groups is 4. The van der Waals surface area contributed by atoms with Crippen molar-refractivity contribution in [2.45, 2.75) is 39.8 Å². The Labute approximate surface area is 122 Å². The lowest BCUT2D eigenvalue weighted by atomic mass is 10.3. The van der Waals surface area contributed by atoms with Crippen LogP contribution in [0, 0.1) is 0 Å². The van der Waals surface area contributed by atoms with Gasteiger partial charge in [-0.3, -0.25) is 15.0 Å². The van der Waals surface area contributed by atoms with Crippen LogP contribution in [0.1, 0.15) is 27.7 Å². The van der Waals surface area contributed by atoms with E-state index in [0.29, 0.717) is 0 Å². The fourth-order valence-electron chi connectivity index (χ4n) is 1.22. The summed E-state index contributed by atoms with van der Waals surface area (Å²) in [6.07, 6.45) is -2.02. The molecular weight excluding hydrogens is 282 g/mol. The molecule has 0 saturated heterocycles. The van der Waals surface area contributed by atoms with E-state index in [9.17, 15) is 19.2 Å². The summed E-state index contributed by atoms with van der Waals surface area (Å²) in [5.74, 6) is -1.66. The molecule has 0 saturated carbocycles. The summed E-state index contributed by atoms with van der Waals surface area (Å²) in [5, 5.41) is 3.13. The molecule has 0 heterocycles. The lowest BCUT2D eigenvalue weighted by Crippen LogP contribution is -2.52. The predicted molar refractivity (Wildman–Crippen MR) is 71.8 cm³/mol. The SMILES string of the molecule is CCOC(=O)[C@H](C)OC(=O)N(C)NC(=O)[C@H](C)NC(C)=O. The maximum Gasteiger partial charge on any atom is 0.429 e. The van der Waals surface area contributed by atoms with Gasteiger partial charge in [0.25, 0.3) is 5.91 Å². The smallest absolute Gasteiger partial charge is 0.429 e. The number of carbonyl (C=O) groups excluding carboxylic acids is 4. The van der Waals surface area contributed by atoms with Crippen LogP contribution in [0.2, 0.25) is 0 Å². The van der Waals surface area contributed by atoms with E-state index in [2.05, 4.69) is 15.5 Å². The Morgan fingerprint density at radius 2 is 1.76 bits per heavy atom. The molecular formula is C12H21N3O6. The molecule has 0 unspecified atom stereocenters. The topological polar surface area (TPSA) is 114 Å². The molecule has 0 aromatic rings. The molecule has 0 aromatic heterocycles. The number of nitrogens with one attached hydrogen (secondary N) is 2. The van der Waals surface area contributed by atoms with Crippen LogP contribution in [0.15, 0.2) is 0 Å². The number of hydrazine groups is 1. The molecule has 21 heavy (non-hydrogen) atoms. The summed E-state index contributed by atoms with van der Waals surface area (Å²) in [6.45, 7) is 5.87. The van der Waals surface area contributed by atoms with Gasteiger partial charge in [-0.1, -0.05) is 0 Å². The van der Waals surface area contributed by atoms with Crippen molar-refractivity contribution in [1.82, 2.24) is 15.8 Å². The highest BCUT2D eigenvalue weighted by molar-refractivity contribution is 5.87. The first-order valence-corrected chi connectivity index (χ1v) is 6.37. The Hall–Kier alpha value is -2.32. The number of rotatable bonds is 5. The van der Waals surface area contributed by atoms with Gasteiger partial charge in [0.2, 0.25) is 5.91 Å². The third-order valence-corrected chi connectivity index (χ3v) is 2.26. The van der Waals surface area contributed by atoms with Crippen LogP contribution in [-0.4, -0.2) is 54.7 Å². The minimum Gasteiger partial charge on any atom is -0.463 e. The summed E-state index contributed by atoms with van der Waals surface area (Å²) in [5.41, 5.74) is 2.21. The fourth-order valence-corrected chi connectivity index (χ4v) is 1.22. The molecule has 9 heteroatoms. The summed E-state index contributed by atoms with van der Waals surface area (Å²) >= 11 is 0. The molecule has 0 fully saturated rings. The zero-order valence-electron chi connectivity index (χ0n) is 12.8. The molecule has 9 nitrogen and oxygen atoms in total. The van der Waals surface area contributed by atoms with Crippen molar-refractivity contribution >= 4 is 23.9 Å². The molecule has 0 aliphatic carbocycles. The van der Waals surface area contributed by atoms with E-state index in [4.69, 9.17) is 4.74 Å². The standard InChI is InChI=1S/C12H21N3O6/c1-6-20-11(18)8(3)21-12(19)15(5)14-10(17)7(2)13-9(4)16/h7-8H,6H2,1-5H3,(H,13,16)(H,14,17)/t7-,8-/m0/s1. The van der Waals surface area contributed by atoms with Crippen molar-refractivity contribution in [3.8, 4) is 0 Å². The molecule has 2 N–H and O–H groups in total. The third kappa shape index (κ3) is 7.14. The maximum atomic E-state index is 11.6. The van der Waals surface area contributed by atoms with Crippen molar-refractivity contribution in [2.75, 3.05) is 13.7 Å². The summed E-state index contributed by atoms with van der Waals surface area (Å²) < 4.78 is 9.48. The lowest BCUT2D eigenvalue weighted by molar-refractivity contribution is -0.152. The van der Waals surface area contributed by atoms with E-state index in [0.717, 1.165) is 5.01 Å². The van der Waals surface area contributed by atoms with Crippen molar-refractivity contribution < 1.29 is 28.7 Å². The van der Waals surface area contributed by atoms with Crippen LogP contribution < -0.4 is 10.7 Å². The minimum atomic E-state index is -1.09.